The second kappa shape index (κ2) is 7.22. The van der Waals surface area contributed by atoms with E-state index in [0.717, 1.165) is 13.0 Å². The van der Waals surface area contributed by atoms with E-state index in [2.05, 4.69) is 17.6 Å². The van der Waals surface area contributed by atoms with Crippen molar-refractivity contribution in [2.45, 2.75) is 64.0 Å². The highest BCUT2D eigenvalue weighted by Gasteiger charge is 2.26. The van der Waals surface area contributed by atoms with Crippen molar-refractivity contribution in [3.8, 4) is 0 Å². The summed E-state index contributed by atoms with van der Waals surface area (Å²) in [6.45, 7) is 3.26. The van der Waals surface area contributed by atoms with E-state index in [1.165, 1.54) is 38.5 Å². The van der Waals surface area contributed by atoms with Crippen LogP contribution in [0.3, 0.4) is 0 Å². The van der Waals surface area contributed by atoms with Crippen LogP contribution in [0, 0.1) is 5.92 Å². The third-order valence-electron chi connectivity index (χ3n) is 4.07. The van der Waals surface area contributed by atoms with Gasteiger partial charge in [-0.05, 0) is 38.1 Å². The Kier molecular flexibility index (Phi) is 6.28. The minimum Gasteiger partial charge on any atom is -0.352 e. The molecule has 4 heteroatoms. The first-order valence-corrected chi connectivity index (χ1v) is 6.81. The molecule has 100 valence electrons. The van der Waals surface area contributed by atoms with Crippen molar-refractivity contribution in [3.05, 3.63) is 0 Å². The Labute approximate surface area is 111 Å². The zero-order valence-corrected chi connectivity index (χ0v) is 11.5. The van der Waals surface area contributed by atoms with E-state index in [1.54, 1.807) is 0 Å². The molecule has 0 bridgehead atoms. The fourth-order valence-electron chi connectivity index (χ4n) is 2.89. The van der Waals surface area contributed by atoms with Crippen LogP contribution < -0.4 is 10.6 Å². The number of carbonyl (C=O) groups is 1. The predicted octanol–water partition coefficient (Wildman–Crippen LogP) is 2.25. The van der Waals surface area contributed by atoms with Crippen LogP contribution in [0.5, 0.6) is 0 Å². The van der Waals surface area contributed by atoms with Gasteiger partial charge >= 0.3 is 0 Å². The van der Waals surface area contributed by atoms with Crippen LogP contribution in [0.2, 0.25) is 0 Å². The van der Waals surface area contributed by atoms with E-state index in [1.807, 2.05) is 0 Å². The highest BCUT2D eigenvalue weighted by Crippen LogP contribution is 2.23. The lowest BCUT2D eigenvalue weighted by Crippen LogP contribution is -2.51. The van der Waals surface area contributed by atoms with Crippen molar-refractivity contribution >= 4 is 18.3 Å². The van der Waals surface area contributed by atoms with Gasteiger partial charge in [-0.2, -0.15) is 0 Å². The molecule has 1 amide bonds. The van der Waals surface area contributed by atoms with Crippen molar-refractivity contribution in [1.29, 1.82) is 0 Å². The topological polar surface area (TPSA) is 41.1 Å². The molecule has 17 heavy (non-hydrogen) atoms. The number of amides is 1. The van der Waals surface area contributed by atoms with Crippen LogP contribution in [0.25, 0.3) is 0 Å². The van der Waals surface area contributed by atoms with E-state index in [0.29, 0.717) is 12.0 Å². The fraction of sp³-hybridized carbons (Fsp3) is 0.923. The van der Waals surface area contributed by atoms with Crippen molar-refractivity contribution in [1.82, 2.24) is 10.6 Å². The molecular weight excluding hydrogens is 236 g/mol. The van der Waals surface area contributed by atoms with Crippen molar-refractivity contribution in [3.63, 3.8) is 0 Å². The molecule has 2 fully saturated rings. The summed E-state index contributed by atoms with van der Waals surface area (Å²) in [4.78, 5) is 12.0. The Morgan fingerprint density at radius 1 is 1.12 bits per heavy atom. The summed E-state index contributed by atoms with van der Waals surface area (Å²) in [6.07, 6.45) is 8.44. The van der Waals surface area contributed by atoms with E-state index in [9.17, 15) is 4.79 Å². The molecule has 3 nitrogen and oxygen atoms in total. The van der Waals surface area contributed by atoms with E-state index >= 15 is 0 Å². The maximum Gasteiger partial charge on any atom is 0.237 e. The standard InChI is InChI=1S/C13H24N2O.ClH/c1-10-6-2-3-7-11(10)15-13(16)12-8-4-5-9-14-12;/h10-12,14H,2-9H2,1H3,(H,15,16);1H. The van der Waals surface area contributed by atoms with E-state index < -0.39 is 0 Å². The van der Waals surface area contributed by atoms with Crippen LogP contribution in [-0.4, -0.2) is 24.5 Å². The molecule has 0 aromatic heterocycles. The molecule has 3 atom stereocenters. The fourth-order valence-corrected chi connectivity index (χ4v) is 2.89. The maximum atomic E-state index is 12.0. The monoisotopic (exact) mass is 260 g/mol. The minimum absolute atomic E-state index is 0. The lowest BCUT2D eigenvalue weighted by molar-refractivity contribution is -0.125. The van der Waals surface area contributed by atoms with Crippen molar-refractivity contribution in [2.75, 3.05) is 6.54 Å². The molecule has 1 saturated carbocycles. The molecule has 1 saturated heterocycles. The number of nitrogens with one attached hydrogen (secondary N) is 2. The first-order valence-electron chi connectivity index (χ1n) is 6.81. The lowest BCUT2D eigenvalue weighted by atomic mass is 9.85. The molecule has 0 spiro atoms. The summed E-state index contributed by atoms with van der Waals surface area (Å²) >= 11 is 0. The summed E-state index contributed by atoms with van der Waals surface area (Å²) in [5.74, 6) is 0.889. The van der Waals surface area contributed by atoms with Gasteiger partial charge in [0.25, 0.3) is 0 Å². The molecule has 1 aliphatic heterocycles. The average Bonchev–Trinajstić information content (AvgIpc) is 2.33. The van der Waals surface area contributed by atoms with Gasteiger partial charge in [0, 0.05) is 6.04 Å². The molecule has 0 aromatic rings. The van der Waals surface area contributed by atoms with Gasteiger partial charge in [0.1, 0.15) is 0 Å². The van der Waals surface area contributed by atoms with Gasteiger partial charge in [-0.1, -0.05) is 26.2 Å². The molecule has 0 aromatic carbocycles. The van der Waals surface area contributed by atoms with Crippen LogP contribution in [0.15, 0.2) is 0 Å². The average molecular weight is 261 g/mol. The SMILES string of the molecule is CC1CCCCC1NC(=O)C1CCCCN1.Cl. The third-order valence-corrected chi connectivity index (χ3v) is 4.07. The Balaban J connectivity index is 0.00000144. The number of rotatable bonds is 2. The first-order chi connectivity index (χ1) is 7.77. The van der Waals surface area contributed by atoms with Crippen LogP contribution in [0.4, 0.5) is 0 Å². The van der Waals surface area contributed by atoms with Crippen LogP contribution in [0.1, 0.15) is 51.9 Å². The molecular formula is C13H25ClN2O. The van der Waals surface area contributed by atoms with Gasteiger partial charge in [-0.25, -0.2) is 0 Å². The zero-order valence-electron chi connectivity index (χ0n) is 10.7. The molecule has 1 heterocycles. The van der Waals surface area contributed by atoms with E-state index in [4.69, 9.17) is 0 Å². The highest BCUT2D eigenvalue weighted by molar-refractivity contribution is 5.85. The maximum absolute atomic E-state index is 12.0. The number of hydrogen-bond donors (Lipinski definition) is 2. The number of piperidine rings is 1. The second-order valence-corrected chi connectivity index (χ2v) is 5.38. The molecule has 2 aliphatic rings. The van der Waals surface area contributed by atoms with Crippen LogP contribution in [-0.2, 0) is 4.79 Å². The normalized spacial score (nSPS) is 33.6. The summed E-state index contributed by atoms with van der Waals surface area (Å²) < 4.78 is 0. The molecule has 1 aliphatic carbocycles. The minimum atomic E-state index is 0. The van der Waals surface area contributed by atoms with Gasteiger partial charge in [0.2, 0.25) is 5.91 Å². The smallest absolute Gasteiger partial charge is 0.237 e. The zero-order chi connectivity index (χ0) is 11.4. The quantitative estimate of drug-likeness (QED) is 0.800. The number of halogens is 1. The van der Waals surface area contributed by atoms with Gasteiger partial charge < -0.3 is 10.6 Å². The highest BCUT2D eigenvalue weighted by atomic mass is 35.5. The van der Waals surface area contributed by atoms with E-state index in [-0.39, 0.29) is 24.4 Å². The summed E-state index contributed by atoms with van der Waals surface area (Å²) in [5.41, 5.74) is 0. The van der Waals surface area contributed by atoms with Gasteiger partial charge in [-0.3, -0.25) is 4.79 Å². The third kappa shape index (κ3) is 4.14. The number of hydrogen-bond acceptors (Lipinski definition) is 2. The first kappa shape index (κ1) is 14.8. The van der Waals surface area contributed by atoms with Gasteiger partial charge in [0.05, 0.1) is 6.04 Å². The molecule has 2 rings (SSSR count). The summed E-state index contributed by atoms with van der Waals surface area (Å²) in [7, 11) is 0. The Morgan fingerprint density at radius 3 is 2.47 bits per heavy atom. The lowest BCUT2D eigenvalue weighted by Gasteiger charge is -2.32. The Hall–Kier alpha value is -0.280. The number of carbonyl (C=O) groups excluding carboxylic acids is 1. The van der Waals surface area contributed by atoms with Gasteiger partial charge in [0.15, 0.2) is 0 Å². The molecule has 3 unspecified atom stereocenters. The summed E-state index contributed by atoms with van der Waals surface area (Å²) in [6, 6.07) is 0.493. The van der Waals surface area contributed by atoms with Crippen molar-refractivity contribution in [2.24, 2.45) is 5.92 Å². The second-order valence-electron chi connectivity index (χ2n) is 5.38. The molecule has 2 N–H and O–H groups in total. The summed E-state index contributed by atoms with van der Waals surface area (Å²) in [5, 5.41) is 6.55. The van der Waals surface area contributed by atoms with Crippen LogP contribution >= 0.6 is 12.4 Å². The van der Waals surface area contributed by atoms with Gasteiger partial charge in [-0.15, -0.1) is 12.4 Å². The Morgan fingerprint density at radius 2 is 1.82 bits per heavy atom. The Bertz CT molecular complexity index is 242. The largest absolute Gasteiger partial charge is 0.352 e. The molecule has 0 radical (unpaired) electrons. The van der Waals surface area contributed by atoms with Crippen molar-refractivity contribution < 1.29 is 4.79 Å². The predicted molar refractivity (Wildman–Crippen MR) is 72.5 cm³/mol.